The SMILES string of the molecule is CC(C)(C)n1ncc2c(=O)n(CCC(=O)Nc3ccc(Cl)cc3)cnc21. The molecule has 1 N–H and O–H groups in total. The maximum absolute atomic E-state index is 12.6. The van der Waals surface area contributed by atoms with E-state index in [1.165, 1.54) is 17.1 Å². The topological polar surface area (TPSA) is 81.8 Å². The maximum atomic E-state index is 12.6. The van der Waals surface area contributed by atoms with Crippen molar-refractivity contribution in [1.82, 2.24) is 19.3 Å². The summed E-state index contributed by atoms with van der Waals surface area (Å²) in [6.45, 7) is 6.22. The molecule has 2 heterocycles. The van der Waals surface area contributed by atoms with E-state index in [1.54, 1.807) is 28.9 Å². The molecule has 8 heteroatoms. The van der Waals surface area contributed by atoms with E-state index in [1.807, 2.05) is 20.8 Å². The van der Waals surface area contributed by atoms with Crippen molar-refractivity contribution in [3.05, 3.63) is 52.2 Å². The van der Waals surface area contributed by atoms with Crippen LogP contribution in [0, 0.1) is 0 Å². The molecule has 26 heavy (non-hydrogen) atoms. The number of aryl methyl sites for hydroxylation is 1. The van der Waals surface area contributed by atoms with E-state index in [-0.39, 0.29) is 30.0 Å². The number of fused-ring (bicyclic) bond motifs is 1. The number of hydrogen-bond acceptors (Lipinski definition) is 4. The lowest BCUT2D eigenvalue weighted by atomic mass is 10.1. The number of nitrogens with zero attached hydrogens (tertiary/aromatic N) is 4. The predicted octanol–water partition coefficient (Wildman–Crippen LogP) is 3.03. The number of aromatic nitrogens is 4. The summed E-state index contributed by atoms with van der Waals surface area (Å²) in [5, 5.41) is 8.09. The molecule has 0 radical (unpaired) electrons. The van der Waals surface area contributed by atoms with E-state index >= 15 is 0 Å². The lowest BCUT2D eigenvalue weighted by Crippen LogP contribution is -2.26. The van der Waals surface area contributed by atoms with Gasteiger partial charge in [-0.05, 0) is 45.0 Å². The molecule has 0 aliphatic rings. The highest BCUT2D eigenvalue weighted by Gasteiger charge is 2.19. The third kappa shape index (κ3) is 3.77. The van der Waals surface area contributed by atoms with Crippen LogP contribution in [0.5, 0.6) is 0 Å². The Hall–Kier alpha value is -2.67. The van der Waals surface area contributed by atoms with Crippen LogP contribution in [0.15, 0.2) is 41.6 Å². The molecule has 1 aromatic carbocycles. The second kappa shape index (κ2) is 6.92. The molecule has 0 aliphatic carbocycles. The first-order chi connectivity index (χ1) is 12.3. The number of rotatable bonds is 4. The van der Waals surface area contributed by atoms with Gasteiger partial charge in [0.1, 0.15) is 5.39 Å². The second-order valence-corrected chi connectivity index (χ2v) is 7.45. The van der Waals surface area contributed by atoms with Crippen molar-refractivity contribution in [2.75, 3.05) is 5.32 Å². The van der Waals surface area contributed by atoms with Crippen molar-refractivity contribution < 1.29 is 4.79 Å². The van der Waals surface area contributed by atoms with Gasteiger partial charge in [0.05, 0.1) is 18.1 Å². The summed E-state index contributed by atoms with van der Waals surface area (Å²) >= 11 is 5.82. The Bertz CT molecular complexity index is 999. The summed E-state index contributed by atoms with van der Waals surface area (Å²) < 4.78 is 3.15. The average molecular weight is 374 g/mol. The van der Waals surface area contributed by atoms with Gasteiger partial charge in [0.15, 0.2) is 5.65 Å². The standard InChI is InChI=1S/C18H20ClN5O2/c1-18(2,3)24-16-14(10-21-24)17(26)23(11-20-16)9-8-15(25)22-13-6-4-12(19)5-7-13/h4-7,10-11H,8-9H2,1-3H3,(H,22,25). The highest BCUT2D eigenvalue weighted by molar-refractivity contribution is 6.30. The van der Waals surface area contributed by atoms with Crippen LogP contribution in [0.3, 0.4) is 0 Å². The Kier molecular flexibility index (Phi) is 4.82. The number of amides is 1. The van der Waals surface area contributed by atoms with E-state index in [4.69, 9.17) is 11.6 Å². The monoisotopic (exact) mass is 373 g/mol. The van der Waals surface area contributed by atoms with Gasteiger partial charge in [0.2, 0.25) is 5.91 Å². The van der Waals surface area contributed by atoms with Gasteiger partial charge in [-0.15, -0.1) is 0 Å². The summed E-state index contributed by atoms with van der Waals surface area (Å²) in [7, 11) is 0. The van der Waals surface area contributed by atoms with Gasteiger partial charge in [-0.25, -0.2) is 9.67 Å². The fourth-order valence-electron chi connectivity index (χ4n) is 2.58. The summed E-state index contributed by atoms with van der Waals surface area (Å²) in [5.41, 5.74) is 0.729. The number of carbonyl (C=O) groups excluding carboxylic acids is 1. The number of hydrogen-bond donors (Lipinski definition) is 1. The third-order valence-electron chi connectivity index (χ3n) is 3.90. The van der Waals surface area contributed by atoms with Crippen LogP contribution in [0.2, 0.25) is 5.02 Å². The van der Waals surface area contributed by atoms with Crippen LogP contribution < -0.4 is 10.9 Å². The van der Waals surface area contributed by atoms with Gasteiger partial charge >= 0.3 is 0 Å². The first kappa shape index (κ1) is 18.1. The number of benzene rings is 1. The van der Waals surface area contributed by atoms with Crippen molar-refractivity contribution >= 4 is 34.2 Å². The molecule has 0 atom stereocenters. The van der Waals surface area contributed by atoms with Crippen molar-refractivity contribution in [3.63, 3.8) is 0 Å². The Balaban J connectivity index is 1.73. The average Bonchev–Trinajstić information content (AvgIpc) is 3.01. The van der Waals surface area contributed by atoms with Gasteiger partial charge in [-0.1, -0.05) is 11.6 Å². The van der Waals surface area contributed by atoms with Crippen LogP contribution in [-0.2, 0) is 16.9 Å². The van der Waals surface area contributed by atoms with Crippen molar-refractivity contribution in [1.29, 1.82) is 0 Å². The number of nitrogens with one attached hydrogen (secondary N) is 1. The summed E-state index contributed by atoms with van der Waals surface area (Å²) in [4.78, 5) is 29.0. The van der Waals surface area contributed by atoms with Gasteiger partial charge < -0.3 is 5.32 Å². The normalized spacial score (nSPS) is 11.7. The summed E-state index contributed by atoms with van der Waals surface area (Å²) in [5.74, 6) is -0.190. The summed E-state index contributed by atoms with van der Waals surface area (Å²) in [6.07, 6.45) is 3.15. The molecule has 0 saturated heterocycles. The van der Waals surface area contributed by atoms with Crippen molar-refractivity contribution in [3.8, 4) is 0 Å². The number of halogens is 1. The zero-order valence-electron chi connectivity index (χ0n) is 14.9. The Labute approximate surface area is 155 Å². The van der Waals surface area contributed by atoms with Gasteiger partial charge in [-0.3, -0.25) is 14.2 Å². The third-order valence-corrected chi connectivity index (χ3v) is 4.15. The fourth-order valence-corrected chi connectivity index (χ4v) is 2.70. The van der Waals surface area contributed by atoms with Crippen LogP contribution in [-0.4, -0.2) is 25.2 Å². The number of anilines is 1. The lowest BCUT2D eigenvalue weighted by Gasteiger charge is -2.19. The van der Waals surface area contributed by atoms with E-state index < -0.39 is 0 Å². The largest absolute Gasteiger partial charge is 0.326 e. The molecule has 1 amide bonds. The van der Waals surface area contributed by atoms with Crippen LogP contribution in [0.1, 0.15) is 27.2 Å². The molecule has 0 saturated carbocycles. The van der Waals surface area contributed by atoms with E-state index in [0.29, 0.717) is 21.7 Å². The molecular weight excluding hydrogens is 354 g/mol. The molecule has 3 rings (SSSR count). The highest BCUT2D eigenvalue weighted by atomic mass is 35.5. The lowest BCUT2D eigenvalue weighted by molar-refractivity contribution is -0.116. The molecule has 0 spiro atoms. The first-order valence-electron chi connectivity index (χ1n) is 8.25. The molecule has 0 bridgehead atoms. The highest BCUT2D eigenvalue weighted by Crippen LogP contribution is 2.18. The molecule has 7 nitrogen and oxygen atoms in total. The molecular formula is C18H20ClN5O2. The minimum absolute atomic E-state index is 0.156. The van der Waals surface area contributed by atoms with Crippen molar-refractivity contribution in [2.24, 2.45) is 0 Å². The second-order valence-electron chi connectivity index (χ2n) is 7.01. The minimum atomic E-state index is -0.272. The van der Waals surface area contributed by atoms with Crippen molar-refractivity contribution in [2.45, 2.75) is 39.3 Å². The van der Waals surface area contributed by atoms with E-state index in [9.17, 15) is 9.59 Å². The van der Waals surface area contributed by atoms with Crippen LogP contribution in [0.4, 0.5) is 5.69 Å². The maximum Gasteiger partial charge on any atom is 0.264 e. The van der Waals surface area contributed by atoms with Crippen LogP contribution >= 0.6 is 11.6 Å². The van der Waals surface area contributed by atoms with Gasteiger partial charge in [-0.2, -0.15) is 5.10 Å². The zero-order chi connectivity index (χ0) is 18.9. The molecule has 0 fully saturated rings. The minimum Gasteiger partial charge on any atom is -0.326 e. The predicted molar refractivity (Wildman–Crippen MR) is 101 cm³/mol. The van der Waals surface area contributed by atoms with Gasteiger partial charge in [0, 0.05) is 23.7 Å². The molecule has 136 valence electrons. The Morgan fingerprint density at radius 1 is 1.23 bits per heavy atom. The first-order valence-corrected chi connectivity index (χ1v) is 8.62. The Morgan fingerprint density at radius 2 is 1.92 bits per heavy atom. The quantitative estimate of drug-likeness (QED) is 0.762. The number of carbonyl (C=O) groups is 1. The van der Waals surface area contributed by atoms with Crippen LogP contribution in [0.25, 0.3) is 11.0 Å². The smallest absolute Gasteiger partial charge is 0.264 e. The molecule has 0 unspecified atom stereocenters. The summed E-state index contributed by atoms with van der Waals surface area (Å²) in [6, 6.07) is 6.85. The zero-order valence-corrected chi connectivity index (χ0v) is 15.6. The van der Waals surface area contributed by atoms with E-state index in [0.717, 1.165) is 0 Å². The molecule has 0 aliphatic heterocycles. The van der Waals surface area contributed by atoms with Gasteiger partial charge in [0.25, 0.3) is 5.56 Å². The molecule has 2 aromatic heterocycles. The fraction of sp³-hybridized carbons (Fsp3) is 0.333. The Morgan fingerprint density at radius 3 is 2.58 bits per heavy atom. The molecule has 3 aromatic rings. The van der Waals surface area contributed by atoms with E-state index in [2.05, 4.69) is 15.4 Å².